The SMILES string of the molecule is CCCN1CCCCC1COC. The fourth-order valence-corrected chi connectivity index (χ4v) is 2.02. The van der Waals surface area contributed by atoms with Gasteiger partial charge in [0.2, 0.25) is 0 Å². The van der Waals surface area contributed by atoms with Crippen molar-refractivity contribution in [2.24, 2.45) is 0 Å². The molecule has 1 rings (SSSR count). The van der Waals surface area contributed by atoms with Crippen LogP contribution in [0, 0.1) is 0 Å². The first-order valence-electron chi connectivity index (χ1n) is 5.11. The zero-order chi connectivity index (χ0) is 8.81. The first-order valence-corrected chi connectivity index (χ1v) is 5.11. The van der Waals surface area contributed by atoms with Crippen molar-refractivity contribution >= 4 is 0 Å². The molecule has 0 bridgehead atoms. The van der Waals surface area contributed by atoms with Crippen LogP contribution in [0.15, 0.2) is 0 Å². The third-order valence-electron chi connectivity index (χ3n) is 2.62. The standard InChI is InChI=1S/C10H21NO/c1-3-7-11-8-5-4-6-10(11)9-12-2/h10H,3-9H2,1-2H3. The molecule has 1 saturated heterocycles. The molecular formula is C10H21NO. The number of hydrogen-bond acceptors (Lipinski definition) is 2. The highest BCUT2D eigenvalue weighted by Gasteiger charge is 2.20. The molecule has 0 aromatic rings. The van der Waals surface area contributed by atoms with Crippen LogP contribution in [0.2, 0.25) is 0 Å². The van der Waals surface area contributed by atoms with E-state index in [9.17, 15) is 0 Å². The molecular weight excluding hydrogens is 150 g/mol. The van der Waals surface area contributed by atoms with Crippen LogP contribution in [0.25, 0.3) is 0 Å². The average Bonchev–Trinajstić information content (AvgIpc) is 2.09. The van der Waals surface area contributed by atoms with E-state index in [1.54, 1.807) is 7.11 Å². The van der Waals surface area contributed by atoms with Crippen LogP contribution in [-0.2, 0) is 4.74 Å². The number of rotatable bonds is 4. The van der Waals surface area contributed by atoms with Gasteiger partial charge in [-0.25, -0.2) is 0 Å². The molecule has 1 atom stereocenters. The van der Waals surface area contributed by atoms with E-state index in [1.807, 2.05) is 0 Å². The monoisotopic (exact) mass is 171 g/mol. The van der Waals surface area contributed by atoms with Crippen molar-refractivity contribution < 1.29 is 4.74 Å². The Morgan fingerprint density at radius 2 is 2.25 bits per heavy atom. The maximum atomic E-state index is 5.22. The van der Waals surface area contributed by atoms with Crippen molar-refractivity contribution in [3.8, 4) is 0 Å². The van der Waals surface area contributed by atoms with Crippen molar-refractivity contribution in [1.29, 1.82) is 0 Å². The lowest BCUT2D eigenvalue weighted by atomic mass is 10.0. The minimum Gasteiger partial charge on any atom is -0.383 e. The summed E-state index contributed by atoms with van der Waals surface area (Å²) < 4.78 is 5.22. The lowest BCUT2D eigenvalue weighted by Crippen LogP contribution is -2.42. The summed E-state index contributed by atoms with van der Waals surface area (Å²) in [5, 5.41) is 0. The number of likely N-dealkylation sites (tertiary alicyclic amines) is 1. The predicted molar refractivity (Wildman–Crippen MR) is 51.4 cm³/mol. The molecule has 0 amide bonds. The lowest BCUT2D eigenvalue weighted by Gasteiger charge is -2.34. The Morgan fingerprint density at radius 3 is 2.92 bits per heavy atom. The second-order valence-electron chi connectivity index (χ2n) is 3.64. The third kappa shape index (κ3) is 2.76. The molecule has 1 unspecified atom stereocenters. The molecule has 0 N–H and O–H groups in total. The molecule has 0 aliphatic carbocycles. The van der Waals surface area contributed by atoms with Crippen molar-refractivity contribution in [1.82, 2.24) is 4.90 Å². The van der Waals surface area contributed by atoms with Gasteiger partial charge in [0, 0.05) is 13.2 Å². The summed E-state index contributed by atoms with van der Waals surface area (Å²) in [5.74, 6) is 0. The topological polar surface area (TPSA) is 12.5 Å². The van der Waals surface area contributed by atoms with Gasteiger partial charge in [0.1, 0.15) is 0 Å². The quantitative estimate of drug-likeness (QED) is 0.640. The van der Waals surface area contributed by atoms with Crippen molar-refractivity contribution in [3.63, 3.8) is 0 Å². The van der Waals surface area contributed by atoms with E-state index in [1.165, 1.54) is 38.8 Å². The molecule has 0 aromatic heterocycles. The van der Waals surface area contributed by atoms with Gasteiger partial charge >= 0.3 is 0 Å². The zero-order valence-corrected chi connectivity index (χ0v) is 8.38. The fourth-order valence-electron chi connectivity index (χ4n) is 2.02. The van der Waals surface area contributed by atoms with Crippen LogP contribution >= 0.6 is 0 Å². The molecule has 0 saturated carbocycles. The summed E-state index contributed by atoms with van der Waals surface area (Å²) in [6, 6.07) is 0.698. The zero-order valence-electron chi connectivity index (χ0n) is 8.38. The Balaban J connectivity index is 2.31. The van der Waals surface area contributed by atoms with E-state index in [0.717, 1.165) is 6.61 Å². The molecule has 1 aliphatic heterocycles. The molecule has 2 heteroatoms. The van der Waals surface area contributed by atoms with Crippen LogP contribution in [0.3, 0.4) is 0 Å². The molecule has 72 valence electrons. The van der Waals surface area contributed by atoms with Crippen molar-refractivity contribution in [3.05, 3.63) is 0 Å². The number of hydrogen-bond donors (Lipinski definition) is 0. The molecule has 1 fully saturated rings. The molecule has 0 aromatic carbocycles. The highest BCUT2D eigenvalue weighted by molar-refractivity contribution is 4.75. The van der Waals surface area contributed by atoms with Crippen molar-refractivity contribution in [2.75, 3.05) is 26.8 Å². The minimum atomic E-state index is 0.698. The molecule has 12 heavy (non-hydrogen) atoms. The third-order valence-corrected chi connectivity index (χ3v) is 2.62. The Labute approximate surface area is 75.9 Å². The molecule has 0 radical (unpaired) electrons. The van der Waals surface area contributed by atoms with E-state index in [0.29, 0.717) is 6.04 Å². The maximum absolute atomic E-state index is 5.22. The lowest BCUT2D eigenvalue weighted by molar-refractivity contribution is 0.0651. The first kappa shape index (κ1) is 10.0. The summed E-state index contributed by atoms with van der Waals surface area (Å²) in [5.41, 5.74) is 0. The summed E-state index contributed by atoms with van der Waals surface area (Å²) in [7, 11) is 1.80. The number of piperidine rings is 1. The Morgan fingerprint density at radius 1 is 1.42 bits per heavy atom. The average molecular weight is 171 g/mol. The Bertz CT molecular complexity index is 98.4. The normalized spacial score (nSPS) is 26.0. The van der Waals surface area contributed by atoms with Gasteiger partial charge in [0.05, 0.1) is 6.61 Å². The summed E-state index contributed by atoms with van der Waals surface area (Å²) in [4.78, 5) is 2.58. The van der Waals surface area contributed by atoms with Crippen LogP contribution in [0.4, 0.5) is 0 Å². The van der Waals surface area contributed by atoms with Gasteiger partial charge in [-0.3, -0.25) is 4.90 Å². The van der Waals surface area contributed by atoms with E-state index in [4.69, 9.17) is 4.74 Å². The fraction of sp³-hybridized carbons (Fsp3) is 1.00. The molecule has 1 heterocycles. The summed E-state index contributed by atoms with van der Waals surface area (Å²) >= 11 is 0. The smallest absolute Gasteiger partial charge is 0.0618 e. The van der Waals surface area contributed by atoms with E-state index in [2.05, 4.69) is 11.8 Å². The van der Waals surface area contributed by atoms with Gasteiger partial charge in [0.15, 0.2) is 0 Å². The van der Waals surface area contributed by atoms with Gasteiger partial charge in [-0.1, -0.05) is 13.3 Å². The Hall–Kier alpha value is -0.0800. The van der Waals surface area contributed by atoms with Gasteiger partial charge in [-0.15, -0.1) is 0 Å². The van der Waals surface area contributed by atoms with E-state index in [-0.39, 0.29) is 0 Å². The second-order valence-corrected chi connectivity index (χ2v) is 3.64. The minimum absolute atomic E-state index is 0.698. The largest absolute Gasteiger partial charge is 0.383 e. The Kier molecular flexibility index (Phi) is 4.62. The van der Waals surface area contributed by atoms with E-state index < -0.39 is 0 Å². The number of nitrogens with zero attached hydrogens (tertiary/aromatic N) is 1. The van der Waals surface area contributed by atoms with E-state index >= 15 is 0 Å². The van der Waals surface area contributed by atoms with Crippen LogP contribution < -0.4 is 0 Å². The summed E-state index contributed by atoms with van der Waals surface area (Å²) in [6.07, 6.45) is 5.35. The second kappa shape index (κ2) is 5.55. The van der Waals surface area contributed by atoms with Crippen molar-refractivity contribution in [2.45, 2.75) is 38.6 Å². The first-order chi connectivity index (χ1) is 5.88. The predicted octanol–water partition coefficient (Wildman–Crippen LogP) is 1.90. The van der Waals surface area contributed by atoms with Crippen LogP contribution in [0.5, 0.6) is 0 Å². The van der Waals surface area contributed by atoms with Gasteiger partial charge in [0.25, 0.3) is 0 Å². The molecule has 0 spiro atoms. The van der Waals surface area contributed by atoms with Gasteiger partial charge < -0.3 is 4.74 Å². The van der Waals surface area contributed by atoms with Gasteiger partial charge in [-0.2, -0.15) is 0 Å². The number of ether oxygens (including phenoxy) is 1. The van der Waals surface area contributed by atoms with Crippen LogP contribution in [0.1, 0.15) is 32.6 Å². The molecule has 1 aliphatic rings. The highest BCUT2D eigenvalue weighted by atomic mass is 16.5. The van der Waals surface area contributed by atoms with Gasteiger partial charge in [-0.05, 0) is 32.4 Å². The maximum Gasteiger partial charge on any atom is 0.0618 e. The number of methoxy groups -OCH3 is 1. The van der Waals surface area contributed by atoms with Crippen LogP contribution in [-0.4, -0.2) is 37.7 Å². The molecule has 2 nitrogen and oxygen atoms in total. The highest BCUT2D eigenvalue weighted by Crippen LogP contribution is 2.16. The summed E-state index contributed by atoms with van der Waals surface area (Å²) in [6.45, 7) is 5.69.